The maximum Gasteiger partial charge on any atom is 0.203 e. The van der Waals surface area contributed by atoms with Crippen LogP contribution in [0.1, 0.15) is 19.3 Å². The van der Waals surface area contributed by atoms with Crippen LogP contribution in [0.15, 0.2) is 29.3 Å². The molecule has 0 atom stereocenters. The van der Waals surface area contributed by atoms with E-state index in [1.165, 1.54) is 32.4 Å². The van der Waals surface area contributed by atoms with E-state index in [0.29, 0.717) is 17.2 Å². The molecule has 1 aromatic heterocycles. The molecule has 0 amide bonds. The SMILES string of the molecule is COc1cc(-c2ccc(SCCN3CCCCC3)nn2)cc(OC)c1OC. The second kappa shape index (κ2) is 9.80. The quantitative estimate of drug-likeness (QED) is 0.637. The first kappa shape index (κ1) is 19.8. The molecule has 0 radical (unpaired) electrons. The van der Waals surface area contributed by atoms with Crippen LogP contribution < -0.4 is 14.2 Å². The van der Waals surface area contributed by atoms with Gasteiger partial charge < -0.3 is 19.1 Å². The third-order valence-corrected chi connectivity index (χ3v) is 5.61. The van der Waals surface area contributed by atoms with Gasteiger partial charge in [-0.1, -0.05) is 6.42 Å². The van der Waals surface area contributed by atoms with Gasteiger partial charge in [-0.25, -0.2) is 0 Å². The molecule has 2 heterocycles. The van der Waals surface area contributed by atoms with Crippen molar-refractivity contribution in [2.24, 2.45) is 0 Å². The number of likely N-dealkylation sites (tertiary alicyclic amines) is 1. The highest BCUT2D eigenvalue weighted by molar-refractivity contribution is 7.99. The van der Waals surface area contributed by atoms with E-state index >= 15 is 0 Å². The van der Waals surface area contributed by atoms with Gasteiger partial charge in [0, 0.05) is 17.9 Å². The highest BCUT2D eigenvalue weighted by atomic mass is 32.2. The molecule has 1 aromatic carbocycles. The first-order valence-corrected chi connectivity index (χ1v) is 10.2. The summed E-state index contributed by atoms with van der Waals surface area (Å²) in [6.07, 6.45) is 4.03. The molecule has 1 aliphatic heterocycles. The minimum absolute atomic E-state index is 0.571. The van der Waals surface area contributed by atoms with Crippen molar-refractivity contribution < 1.29 is 14.2 Å². The molecule has 1 aliphatic rings. The lowest BCUT2D eigenvalue weighted by atomic mass is 10.1. The number of hydrogen-bond acceptors (Lipinski definition) is 7. The number of piperidine rings is 1. The van der Waals surface area contributed by atoms with Crippen LogP contribution in [0.25, 0.3) is 11.3 Å². The molecular formula is C20H27N3O3S. The molecule has 3 rings (SSSR count). The number of thioether (sulfide) groups is 1. The van der Waals surface area contributed by atoms with E-state index in [1.54, 1.807) is 33.1 Å². The molecule has 0 spiro atoms. The topological polar surface area (TPSA) is 56.7 Å². The molecule has 0 saturated carbocycles. The van der Waals surface area contributed by atoms with E-state index < -0.39 is 0 Å². The van der Waals surface area contributed by atoms with Crippen molar-refractivity contribution in [3.63, 3.8) is 0 Å². The summed E-state index contributed by atoms with van der Waals surface area (Å²) < 4.78 is 16.2. The van der Waals surface area contributed by atoms with Crippen LogP contribution in [0.5, 0.6) is 17.2 Å². The number of aromatic nitrogens is 2. The Balaban J connectivity index is 1.66. The average molecular weight is 390 g/mol. The Morgan fingerprint density at radius 1 is 0.926 bits per heavy atom. The van der Waals surface area contributed by atoms with E-state index in [2.05, 4.69) is 15.1 Å². The zero-order valence-corrected chi connectivity index (χ0v) is 17.1. The summed E-state index contributed by atoms with van der Waals surface area (Å²) in [5.74, 6) is 2.82. The molecule has 0 aliphatic carbocycles. The molecule has 27 heavy (non-hydrogen) atoms. The number of methoxy groups -OCH3 is 3. The number of benzene rings is 1. The molecular weight excluding hydrogens is 362 g/mol. The van der Waals surface area contributed by atoms with Crippen LogP contribution in [-0.2, 0) is 0 Å². The second-order valence-electron chi connectivity index (χ2n) is 6.42. The van der Waals surface area contributed by atoms with Gasteiger partial charge in [-0.15, -0.1) is 22.0 Å². The normalized spacial score (nSPS) is 14.8. The van der Waals surface area contributed by atoms with Crippen molar-refractivity contribution in [1.82, 2.24) is 15.1 Å². The van der Waals surface area contributed by atoms with Crippen LogP contribution in [0.2, 0.25) is 0 Å². The summed E-state index contributed by atoms with van der Waals surface area (Å²) in [5.41, 5.74) is 1.65. The fraction of sp³-hybridized carbons (Fsp3) is 0.500. The largest absolute Gasteiger partial charge is 0.493 e. The van der Waals surface area contributed by atoms with Crippen LogP contribution in [-0.4, -0.2) is 61.8 Å². The standard InChI is InChI=1S/C20H27N3O3S/c1-24-17-13-15(14-18(25-2)20(17)26-3)16-7-8-19(22-21-16)27-12-11-23-9-5-4-6-10-23/h7-8,13-14H,4-6,9-12H2,1-3H3. The molecule has 1 saturated heterocycles. The minimum Gasteiger partial charge on any atom is -0.493 e. The summed E-state index contributed by atoms with van der Waals surface area (Å²) in [6.45, 7) is 3.57. The highest BCUT2D eigenvalue weighted by Crippen LogP contribution is 2.40. The number of nitrogens with zero attached hydrogens (tertiary/aromatic N) is 3. The van der Waals surface area contributed by atoms with Gasteiger partial charge in [-0.05, 0) is 50.2 Å². The smallest absolute Gasteiger partial charge is 0.203 e. The Morgan fingerprint density at radius 2 is 1.63 bits per heavy atom. The Hall–Kier alpha value is -1.99. The lowest BCUT2D eigenvalue weighted by Gasteiger charge is -2.25. The minimum atomic E-state index is 0.571. The zero-order valence-electron chi connectivity index (χ0n) is 16.2. The number of hydrogen-bond donors (Lipinski definition) is 0. The Morgan fingerprint density at radius 3 is 2.19 bits per heavy atom. The first-order valence-electron chi connectivity index (χ1n) is 9.24. The second-order valence-corrected chi connectivity index (χ2v) is 7.54. The summed E-state index contributed by atoms with van der Waals surface area (Å²) in [4.78, 5) is 2.54. The maximum absolute atomic E-state index is 5.41. The summed E-state index contributed by atoms with van der Waals surface area (Å²) in [6, 6.07) is 7.77. The van der Waals surface area contributed by atoms with Gasteiger partial charge in [-0.3, -0.25) is 0 Å². The van der Waals surface area contributed by atoms with Crippen molar-refractivity contribution in [3.8, 4) is 28.5 Å². The van der Waals surface area contributed by atoms with Crippen molar-refractivity contribution in [3.05, 3.63) is 24.3 Å². The maximum atomic E-state index is 5.41. The van der Waals surface area contributed by atoms with Crippen molar-refractivity contribution in [1.29, 1.82) is 0 Å². The summed E-state index contributed by atoms with van der Waals surface area (Å²) >= 11 is 1.75. The highest BCUT2D eigenvalue weighted by Gasteiger charge is 2.15. The summed E-state index contributed by atoms with van der Waals surface area (Å²) in [7, 11) is 4.80. The van der Waals surface area contributed by atoms with Crippen molar-refractivity contribution in [2.45, 2.75) is 24.3 Å². The Kier molecular flexibility index (Phi) is 7.18. The van der Waals surface area contributed by atoms with E-state index in [9.17, 15) is 0 Å². The third kappa shape index (κ3) is 5.05. The van der Waals surface area contributed by atoms with Gasteiger partial charge >= 0.3 is 0 Å². The van der Waals surface area contributed by atoms with Crippen LogP contribution >= 0.6 is 11.8 Å². The van der Waals surface area contributed by atoms with E-state index in [0.717, 1.165) is 28.6 Å². The lowest BCUT2D eigenvalue weighted by Crippen LogP contribution is -2.31. The third-order valence-electron chi connectivity index (χ3n) is 4.71. The van der Waals surface area contributed by atoms with E-state index in [1.807, 2.05) is 24.3 Å². The molecule has 0 unspecified atom stereocenters. The molecule has 0 bridgehead atoms. The lowest BCUT2D eigenvalue weighted by molar-refractivity contribution is 0.242. The Bertz CT molecular complexity index is 709. The van der Waals surface area contributed by atoms with Crippen LogP contribution in [0, 0.1) is 0 Å². The van der Waals surface area contributed by atoms with Gasteiger partial charge in [0.05, 0.1) is 27.0 Å². The fourth-order valence-electron chi connectivity index (χ4n) is 3.24. The predicted octanol–water partition coefficient (Wildman–Crippen LogP) is 3.75. The predicted molar refractivity (Wildman–Crippen MR) is 108 cm³/mol. The van der Waals surface area contributed by atoms with Crippen molar-refractivity contribution in [2.75, 3.05) is 46.7 Å². The Labute approximate surface area is 165 Å². The number of ether oxygens (including phenoxy) is 3. The van der Waals surface area contributed by atoms with Gasteiger partial charge in [0.2, 0.25) is 5.75 Å². The first-order chi connectivity index (χ1) is 13.2. The average Bonchev–Trinajstić information content (AvgIpc) is 2.74. The number of rotatable bonds is 8. The summed E-state index contributed by atoms with van der Waals surface area (Å²) in [5, 5.41) is 9.70. The molecule has 146 valence electrons. The van der Waals surface area contributed by atoms with E-state index in [4.69, 9.17) is 14.2 Å². The van der Waals surface area contributed by atoms with E-state index in [-0.39, 0.29) is 0 Å². The fourth-order valence-corrected chi connectivity index (χ4v) is 4.06. The molecule has 6 nitrogen and oxygen atoms in total. The van der Waals surface area contributed by atoms with Crippen LogP contribution in [0.4, 0.5) is 0 Å². The van der Waals surface area contributed by atoms with Gasteiger partial charge in [0.1, 0.15) is 5.03 Å². The molecule has 7 heteroatoms. The molecule has 1 fully saturated rings. The molecule has 0 N–H and O–H groups in total. The van der Waals surface area contributed by atoms with Crippen molar-refractivity contribution >= 4 is 11.8 Å². The van der Waals surface area contributed by atoms with Gasteiger partial charge in [0.15, 0.2) is 11.5 Å². The monoisotopic (exact) mass is 389 g/mol. The zero-order chi connectivity index (χ0) is 19.1. The van der Waals surface area contributed by atoms with Gasteiger partial charge in [-0.2, -0.15) is 0 Å². The van der Waals surface area contributed by atoms with Crippen LogP contribution in [0.3, 0.4) is 0 Å². The molecule has 2 aromatic rings. The van der Waals surface area contributed by atoms with Gasteiger partial charge in [0.25, 0.3) is 0 Å².